The van der Waals surface area contributed by atoms with Gasteiger partial charge in [-0.2, -0.15) is 0 Å². The van der Waals surface area contributed by atoms with E-state index in [1.807, 2.05) is 36.1 Å². The normalized spacial score (nSPS) is 16.0. The first-order valence-corrected chi connectivity index (χ1v) is 11.2. The molecule has 2 amide bonds. The average Bonchev–Trinajstić information content (AvgIpc) is 3.19. The SMILES string of the molecule is CCCCN(CC(=O)N1CCc2sccc2[C@H]1c1ccc(Cl)cc1)C(=O)CC. The van der Waals surface area contributed by atoms with E-state index in [1.165, 1.54) is 10.4 Å². The molecule has 3 rings (SSSR count). The van der Waals surface area contributed by atoms with Crippen molar-refractivity contribution in [3.8, 4) is 0 Å². The van der Waals surface area contributed by atoms with Gasteiger partial charge in [-0.3, -0.25) is 9.59 Å². The van der Waals surface area contributed by atoms with Crippen molar-refractivity contribution < 1.29 is 9.59 Å². The van der Waals surface area contributed by atoms with Crippen LogP contribution in [0.3, 0.4) is 0 Å². The number of hydrogen-bond acceptors (Lipinski definition) is 3. The Morgan fingerprint density at radius 1 is 1.21 bits per heavy atom. The van der Waals surface area contributed by atoms with E-state index < -0.39 is 0 Å². The van der Waals surface area contributed by atoms with Crippen LogP contribution in [0.25, 0.3) is 0 Å². The minimum Gasteiger partial charge on any atom is -0.333 e. The first-order valence-electron chi connectivity index (χ1n) is 9.94. The van der Waals surface area contributed by atoms with E-state index in [2.05, 4.69) is 18.4 Å². The number of carbonyl (C=O) groups excluding carboxylic acids is 2. The second kappa shape index (κ2) is 9.57. The summed E-state index contributed by atoms with van der Waals surface area (Å²) in [5.74, 6) is 0.0489. The number of benzene rings is 1. The molecule has 1 aliphatic rings. The summed E-state index contributed by atoms with van der Waals surface area (Å²) in [5, 5.41) is 2.78. The highest BCUT2D eigenvalue weighted by atomic mass is 35.5. The van der Waals surface area contributed by atoms with Crippen molar-refractivity contribution in [2.24, 2.45) is 0 Å². The molecular weight excluding hydrogens is 392 g/mol. The maximum atomic E-state index is 13.3. The molecule has 0 bridgehead atoms. The smallest absolute Gasteiger partial charge is 0.242 e. The number of unbranched alkanes of at least 4 members (excludes halogenated alkanes) is 1. The zero-order valence-corrected chi connectivity index (χ0v) is 18.1. The van der Waals surface area contributed by atoms with E-state index in [0.717, 1.165) is 24.8 Å². The maximum absolute atomic E-state index is 13.3. The quantitative estimate of drug-likeness (QED) is 0.640. The van der Waals surface area contributed by atoms with Gasteiger partial charge < -0.3 is 9.80 Å². The molecule has 0 radical (unpaired) electrons. The van der Waals surface area contributed by atoms with E-state index in [-0.39, 0.29) is 24.4 Å². The summed E-state index contributed by atoms with van der Waals surface area (Å²) in [6.07, 6.45) is 3.19. The molecule has 1 aromatic heterocycles. The fourth-order valence-electron chi connectivity index (χ4n) is 3.71. The first kappa shape index (κ1) is 20.9. The molecule has 0 N–H and O–H groups in total. The highest BCUT2D eigenvalue weighted by Gasteiger charge is 2.33. The number of hydrogen-bond donors (Lipinski definition) is 0. The Hall–Kier alpha value is -1.85. The summed E-state index contributed by atoms with van der Waals surface area (Å²) in [6, 6.07) is 9.72. The van der Waals surface area contributed by atoms with Crippen LogP contribution in [0.2, 0.25) is 5.02 Å². The van der Waals surface area contributed by atoms with E-state index >= 15 is 0 Å². The lowest BCUT2D eigenvalue weighted by Crippen LogP contribution is -2.46. The summed E-state index contributed by atoms with van der Waals surface area (Å²) in [7, 11) is 0. The fraction of sp³-hybridized carbons (Fsp3) is 0.455. The molecule has 1 aromatic carbocycles. The van der Waals surface area contributed by atoms with Crippen molar-refractivity contribution in [3.63, 3.8) is 0 Å². The molecule has 0 saturated carbocycles. The summed E-state index contributed by atoms with van der Waals surface area (Å²) in [5.41, 5.74) is 2.24. The molecule has 2 aromatic rings. The van der Waals surface area contributed by atoms with Crippen molar-refractivity contribution in [2.75, 3.05) is 19.6 Å². The minimum absolute atomic E-state index is 0.00898. The van der Waals surface area contributed by atoms with E-state index in [9.17, 15) is 9.59 Å². The Morgan fingerprint density at radius 3 is 2.64 bits per heavy atom. The molecule has 4 nitrogen and oxygen atoms in total. The van der Waals surface area contributed by atoms with Crippen molar-refractivity contribution in [1.82, 2.24) is 9.80 Å². The lowest BCUT2D eigenvalue weighted by atomic mass is 9.93. The van der Waals surface area contributed by atoms with Gasteiger partial charge in [0.05, 0.1) is 12.6 Å². The Labute approximate surface area is 176 Å². The third kappa shape index (κ3) is 4.58. The summed E-state index contributed by atoms with van der Waals surface area (Å²) in [6.45, 7) is 5.40. The first-order chi connectivity index (χ1) is 13.5. The molecule has 6 heteroatoms. The third-order valence-corrected chi connectivity index (χ3v) is 6.48. The number of carbonyl (C=O) groups is 2. The van der Waals surface area contributed by atoms with Gasteiger partial charge in [0.1, 0.15) is 0 Å². The summed E-state index contributed by atoms with van der Waals surface area (Å²) < 4.78 is 0. The molecule has 1 aliphatic heterocycles. The van der Waals surface area contributed by atoms with Gasteiger partial charge in [-0.25, -0.2) is 0 Å². The molecule has 0 aliphatic carbocycles. The van der Waals surface area contributed by atoms with Crippen LogP contribution in [0.15, 0.2) is 35.7 Å². The van der Waals surface area contributed by atoms with Gasteiger partial charge in [0.2, 0.25) is 11.8 Å². The Balaban J connectivity index is 1.86. The number of nitrogens with zero attached hydrogens (tertiary/aromatic N) is 2. The second-order valence-corrected chi connectivity index (χ2v) is 8.55. The van der Waals surface area contributed by atoms with Crippen LogP contribution in [-0.4, -0.2) is 41.2 Å². The van der Waals surface area contributed by atoms with E-state index in [0.29, 0.717) is 24.5 Å². The van der Waals surface area contributed by atoms with Crippen molar-refractivity contribution in [2.45, 2.75) is 45.6 Å². The number of fused-ring (bicyclic) bond motifs is 1. The largest absolute Gasteiger partial charge is 0.333 e. The molecule has 0 spiro atoms. The maximum Gasteiger partial charge on any atom is 0.242 e. The number of halogens is 1. The average molecular weight is 419 g/mol. The highest BCUT2D eigenvalue weighted by molar-refractivity contribution is 7.10. The van der Waals surface area contributed by atoms with Crippen LogP contribution < -0.4 is 0 Å². The number of amides is 2. The zero-order chi connectivity index (χ0) is 20.1. The predicted molar refractivity (Wildman–Crippen MR) is 115 cm³/mol. The van der Waals surface area contributed by atoms with Crippen molar-refractivity contribution in [3.05, 3.63) is 56.7 Å². The topological polar surface area (TPSA) is 40.6 Å². The van der Waals surface area contributed by atoms with Crippen LogP contribution in [-0.2, 0) is 16.0 Å². The summed E-state index contributed by atoms with van der Waals surface area (Å²) in [4.78, 5) is 30.6. The van der Waals surface area contributed by atoms with Gasteiger partial charge >= 0.3 is 0 Å². The van der Waals surface area contributed by atoms with Gasteiger partial charge in [-0.05, 0) is 47.5 Å². The van der Waals surface area contributed by atoms with Crippen LogP contribution in [0.5, 0.6) is 0 Å². The Kier molecular flexibility index (Phi) is 7.13. The molecule has 0 fully saturated rings. The standard InChI is InChI=1S/C22H27ClN2O2S/c1-3-5-12-24(20(26)4-2)15-21(27)25-13-10-19-18(11-14-28-19)22(25)16-6-8-17(23)9-7-16/h6-9,11,14,22H,3-5,10,12-13,15H2,1-2H3/t22-/m1/s1. The monoisotopic (exact) mass is 418 g/mol. The number of rotatable bonds is 7. The zero-order valence-electron chi connectivity index (χ0n) is 16.5. The van der Waals surface area contributed by atoms with Gasteiger partial charge in [0, 0.05) is 29.4 Å². The van der Waals surface area contributed by atoms with Crippen LogP contribution in [0.1, 0.15) is 55.2 Å². The molecule has 2 heterocycles. The third-order valence-electron chi connectivity index (χ3n) is 5.23. The summed E-state index contributed by atoms with van der Waals surface area (Å²) >= 11 is 7.82. The predicted octanol–water partition coefficient (Wildman–Crippen LogP) is 4.91. The highest BCUT2D eigenvalue weighted by Crippen LogP contribution is 2.38. The Morgan fingerprint density at radius 2 is 1.96 bits per heavy atom. The van der Waals surface area contributed by atoms with Gasteiger partial charge in [0.25, 0.3) is 0 Å². The molecule has 0 saturated heterocycles. The molecule has 28 heavy (non-hydrogen) atoms. The number of thiophene rings is 1. The second-order valence-electron chi connectivity index (χ2n) is 7.11. The fourth-order valence-corrected chi connectivity index (χ4v) is 4.74. The van der Waals surface area contributed by atoms with E-state index in [4.69, 9.17) is 11.6 Å². The van der Waals surface area contributed by atoms with Crippen LogP contribution in [0.4, 0.5) is 0 Å². The lowest BCUT2D eigenvalue weighted by molar-refractivity contribution is -0.141. The molecule has 150 valence electrons. The lowest BCUT2D eigenvalue weighted by Gasteiger charge is -2.37. The van der Waals surface area contributed by atoms with Gasteiger partial charge in [0.15, 0.2) is 0 Å². The molecule has 1 atom stereocenters. The Bertz CT molecular complexity index is 818. The minimum atomic E-state index is -0.121. The van der Waals surface area contributed by atoms with Crippen molar-refractivity contribution >= 4 is 34.8 Å². The van der Waals surface area contributed by atoms with Gasteiger partial charge in [-0.1, -0.05) is 44.0 Å². The molecule has 0 unspecified atom stereocenters. The van der Waals surface area contributed by atoms with E-state index in [1.54, 1.807) is 16.2 Å². The van der Waals surface area contributed by atoms with Crippen LogP contribution >= 0.6 is 22.9 Å². The van der Waals surface area contributed by atoms with Gasteiger partial charge in [-0.15, -0.1) is 11.3 Å². The van der Waals surface area contributed by atoms with Crippen LogP contribution in [0, 0.1) is 0 Å². The molecular formula is C22H27ClN2O2S. The van der Waals surface area contributed by atoms with Crippen molar-refractivity contribution in [1.29, 1.82) is 0 Å².